The highest BCUT2D eigenvalue weighted by molar-refractivity contribution is 5.67. The van der Waals surface area contributed by atoms with E-state index in [1.54, 1.807) is 0 Å². The van der Waals surface area contributed by atoms with Crippen LogP contribution in [-0.2, 0) is 11.2 Å². The zero-order valence-corrected chi connectivity index (χ0v) is 11.2. The zero-order valence-electron chi connectivity index (χ0n) is 11.2. The van der Waals surface area contributed by atoms with Gasteiger partial charge in [-0.2, -0.15) is 0 Å². The molecule has 1 amide bonds. The van der Waals surface area contributed by atoms with Crippen molar-refractivity contribution in [2.45, 2.75) is 32.6 Å². The minimum Gasteiger partial charge on any atom is -0.449 e. The van der Waals surface area contributed by atoms with Crippen LogP contribution in [0, 0.1) is 11.2 Å². The van der Waals surface area contributed by atoms with Gasteiger partial charge in [0.05, 0.1) is 6.61 Å². The Labute approximate surface area is 113 Å². The molecule has 0 atom stereocenters. The van der Waals surface area contributed by atoms with E-state index >= 15 is 0 Å². The lowest BCUT2D eigenvalue weighted by molar-refractivity contribution is 0.0275. The first-order chi connectivity index (χ1) is 9.13. The summed E-state index contributed by atoms with van der Waals surface area (Å²) in [6.45, 7) is 2.87. The van der Waals surface area contributed by atoms with Crippen LogP contribution in [-0.4, -0.2) is 19.2 Å². The number of rotatable bonds is 5. The van der Waals surface area contributed by atoms with E-state index in [9.17, 15) is 9.18 Å². The van der Waals surface area contributed by atoms with Crippen molar-refractivity contribution >= 4 is 6.09 Å². The molecule has 1 aliphatic carbocycles. The average molecular weight is 265 g/mol. The van der Waals surface area contributed by atoms with Crippen molar-refractivity contribution < 1.29 is 13.9 Å². The zero-order chi connectivity index (χ0) is 13.7. The van der Waals surface area contributed by atoms with E-state index in [1.807, 2.05) is 19.1 Å². The second-order valence-corrected chi connectivity index (χ2v) is 5.26. The Morgan fingerprint density at radius 3 is 2.58 bits per heavy atom. The van der Waals surface area contributed by atoms with Gasteiger partial charge in [0.1, 0.15) is 5.82 Å². The van der Waals surface area contributed by atoms with Crippen LogP contribution in [0.15, 0.2) is 24.3 Å². The molecule has 1 N–H and O–H groups in total. The van der Waals surface area contributed by atoms with Crippen molar-refractivity contribution in [3.8, 4) is 0 Å². The standard InChI is InChI=1S/C15H20FNO2/c1-2-17-14(18)19-11-15(8-3-9-15)10-12-4-6-13(16)7-5-12/h4-7H,2-3,8-11H2,1H3,(H,17,18). The van der Waals surface area contributed by atoms with E-state index in [-0.39, 0.29) is 17.3 Å². The Kier molecular flexibility index (Phi) is 4.40. The van der Waals surface area contributed by atoms with Crippen LogP contribution in [0.5, 0.6) is 0 Å². The highest BCUT2D eigenvalue weighted by Crippen LogP contribution is 2.44. The van der Waals surface area contributed by atoms with Crippen molar-refractivity contribution in [2.75, 3.05) is 13.2 Å². The number of hydrogen-bond donors (Lipinski definition) is 1. The van der Waals surface area contributed by atoms with Gasteiger partial charge in [0.2, 0.25) is 0 Å². The van der Waals surface area contributed by atoms with Gasteiger partial charge in [-0.1, -0.05) is 18.6 Å². The number of alkyl carbamates (subject to hydrolysis) is 1. The molecule has 1 fully saturated rings. The van der Waals surface area contributed by atoms with E-state index < -0.39 is 0 Å². The third-order valence-electron chi connectivity index (χ3n) is 3.74. The van der Waals surface area contributed by atoms with E-state index in [0.29, 0.717) is 13.2 Å². The fourth-order valence-corrected chi connectivity index (χ4v) is 2.50. The van der Waals surface area contributed by atoms with E-state index in [0.717, 1.165) is 24.8 Å². The molecule has 0 spiro atoms. The number of ether oxygens (including phenoxy) is 1. The first-order valence-corrected chi connectivity index (χ1v) is 6.79. The van der Waals surface area contributed by atoms with Crippen molar-refractivity contribution in [3.05, 3.63) is 35.6 Å². The minimum atomic E-state index is -0.354. The average Bonchev–Trinajstić information content (AvgIpc) is 2.35. The molecule has 2 rings (SSSR count). The minimum absolute atomic E-state index is 0.0446. The van der Waals surface area contributed by atoms with Crippen LogP contribution < -0.4 is 5.32 Å². The van der Waals surface area contributed by atoms with Crippen molar-refractivity contribution in [2.24, 2.45) is 5.41 Å². The van der Waals surface area contributed by atoms with Gasteiger partial charge < -0.3 is 10.1 Å². The molecule has 0 saturated heterocycles. The largest absolute Gasteiger partial charge is 0.449 e. The maximum absolute atomic E-state index is 12.9. The van der Waals surface area contributed by atoms with Gasteiger partial charge in [-0.15, -0.1) is 0 Å². The second kappa shape index (κ2) is 6.04. The van der Waals surface area contributed by atoms with Crippen molar-refractivity contribution in [1.29, 1.82) is 0 Å². The summed E-state index contributed by atoms with van der Waals surface area (Å²) in [5.41, 5.74) is 1.14. The highest BCUT2D eigenvalue weighted by atomic mass is 19.1. The lowest BCUT2D eigenvalue weighted by Crippen LogP contribution is -2.39. The summed E-state index contributed by atoms with van der Waals surface area (Å²) in [6.07, 6.45) is 3.77. The number of amides is 1. The Morgan fingerprint density at radius 1 is 1.37 bits per heavy atom. The fraction of sp³-hybridized carbons (Fsp3) is 0.533. The molecule has 0 radical (unpaired) electrons. The first-order valence-electron chi connectivity index (χ1n) is 6.79. The van der Waals surface area contributed by atoms with Crippen LogP contribution in [0.4, 0.5) is 9.18 Å². The number of nitrogens with one attached hydrogen (secondary N) is 1. The van der Waals surface area contributed by atoms with Crippen molar-refractivity contribution in [1.82, 2.24) is 5.32 Å². The van der Waals surface area contributed by atoms with Gasteiger partial charge >= 0.3 is 6.09 Å². The van der Waals surface area contributed by atoms with Crippen LogP contribution in [0.3, 0.4) is 0 Å². The van der Waals surface area contributed by atoms with E-state index in [1.165, 1.54) is 18.6 Å². The van der Waals surface area contributed by atoms with Gasteiger partial charge in [0.25, 0.3) is 0 Å². The monoisotopic (exact) mass is 265 g/mol. The van der Waals surface area contributed by atoms with Crippen molar-refractivity contribution in [3.63, 3.8) is 0 Å². The Morgan fingerprint density at radius 2 is 2.05 bits per heavy atom. The maximum Gasteiger partial charge on any atom is 0.407 e. The SMILES string of the molecule is CCNC(=O)OCC1(Cc2ccc(F)cc2)CCC1. The molecule has 1 aliphatic rings. The second-order valence-electron chi connectivity index (χ2n) is 5.26. The summed E-state index contributed by atoms with van der Waals surface area (Å²) in [6, 6.07) is 6.57. The maximum atomic E-state index is 12.9. The summed E-state index contributed by atoms with van der Waals surface area (Å²) in [7, 11) is 0. The topological polar surface area (TPSA) is 38.3 Å². The number of carbonyl (C=O) groups excluding carboxylic acids is 1. The van der Waals surface area contributed by atoms with Gasteiger partial charge in [0, 0.05) is 12.0 Å². The summed E-state index contributed by atoms with van der Waals surface area (Å²) in [5.74, 6) is -0.218. The summed E-state index contributed by atoms with van der Waals surface area (Å²) >= 11 is 0. The van der Waals surface area contributed by atoms with Crippen LogP contribution in [0.1, 0.15) is 31.7 Å². The molecule has 19 heavy (non-hydrogen) atoms. The number of halogens is 1. The molecule has 1 saturated carbocycles. The normalized spacial score (nSPS) is 16.5. The Balaban J connectivity index is 1.91. The lowest BCUT2D eigenvalue weighted by Gasteiger charge is -2.41. The molecule has 4 heteroatoms. The predicted octanol–water partition coefficient (Wildman–Crippen LogP) is 3.28. The Hall–Kier alpha value is -1.58. The van der Waals surface area contributed by atoms with Gasteiger partial charge in [-0.25, -0.2) is 9.18 Å². The van der Waals surface area contributed by atoms with Gasteiger partial charge in [0.15, 0.2) is 0 Å². The summed E-state index contributed by atoms with van der Waals surface area (Å²) < 4.78 is 18.1. The van der Waals surface area contributed by atoms with Crippen LogP contribution >= 0.6 is 0 Å². The number of carbonyl (C=O) groups is 1. The van der Waals surface area contributed by atoms with E-state index in [4.69, 9.17) is 4.74 Å². The van der Waals surface area contributed by atoms with E-state index in [2.05, 4.69) is 5.32 Å². The molecule has 0 bridgehead atoms. The third kappa shape index (κ3) is 3.69. The number of hydrogen-bond acceptors (Lipinski definition) is 2. The number of benzene rings is 1. The van der Waals surface area contributed by atoms with Crippen LogP contribution in [0.25, 0.3) is 0 Å². The lowest BCUT2D eigenvalue weighted by atomic mass is 9.66. The summed E-state index contributed by atoms with van der Waals surface area (Å²) in [4.78, 5) is 11.3. The molecule has 1 aromatic rings. The fourth-order valence-electron chi connectivity index (χ4n) is 2.50. The van der Waals surface area contributed by atoms with Crippen LogP contribution in [0.2, 0.25) is 0 Å². The predicted molar refractivity (Wildman–Crippen MR) is 71.4 cm³/mol. The smallest absolute Gasteiger partial charge is 0.407 e. The summed E-state index contributed by atoms with van der Waals surface area (Å²) in [5, 5.41) is 2.63. The molecule has 3 nitrogen and oxygen atoms in total. The molecule has 104 valence electrons. The Bertz CT molecular complexity index is 426. The first kappa shape index (κ1) is 13.8. The molecule has 0 aromatic heterocycles. The molecule has 0 unspecified atom stereocenters. The molecule has 0 aliphatic heterocycles. The van der Waals surface area contributed by atoms with Gasteiger partial charge in [-0.3, -0.25) is 0 Å². The van der Waals surface area contributed by atoms with Gasteiger partial charge in [-0.05, 0) is 43.9 Å². The quantitative estimate of drug-likeness (QED) is 0.887. The highest BCUT2D eigenvalue weighted by Gasteiger charge is 2.38. The molecule has 0 heterocycles. The molecular weight excluding hydrogens is 245 g/mol. The molecular formula is C15H20FNO2. The molecule has 1 aromatic carbocycles. The third-order valence-corrected chi connectivity index (χ3v) is 3.74.